The Hall–Kier alpha value is -1.30. The predicted molar refractivity (Wildman–Crippen MR) is 93.6 cm³/mol. The molecular formula is C14H23IN6. The molecule has 2 atom stereocenters. The highest BCUT2D eigenvalue weighted by Crippen LogP contribution is 2.24. The van der Waals surface area contributed by atoms with Gasteiger partial charge in [0.1, 0.15) is 0 Å². The summed E-state index contributed by atoms with van der Waals surface area (Å²) in [5, 5.41) is 19.9. The Balaban J connectivity index is 0.00000220. The summed E-state index contributed by atoms with van der Waals surface area (Å²) in [6, 6.07) is 2.59. The Kier molecular flexibility index (Phi) is 7.50. The van der Waals surface area contributed by atoms with Crippen LogP contribution in [0.2, 0.25) is 0 Å². The Labute approximate surface area is 143 Å². The summed E-state index contributed by atoms with van der Waals surface area (Å²) in [4.78, 5) is 4.21. The summed E-state index contributed by atoms with van der Waals surface area (Å²) in [6.45, 7) is 3.57. The van der Waals surface area contributed by atoms with E-state index in [9.17, 15) is 0 Å². The van der Waals surface area contributed by atoms with E-state index in [4.69, 9.17) is 5.26 Å². The first-order chi connectivity index (χ1) is 9.72. The molecule has 0 aliphatic heterocycles. The zero-order valence-corrected chi connectivity index (χ0v) is 14.9. The summed E-state index contributed by atoms with van der Waals surface area (Å²) in [6.07, 6.45) is 7.00. The van der Waals surface area contributed by atoms with Crippen molar-refractivity contribution in [2.45, 2.75) is 38.8 Å². The average molecular weight is 402 g/mol. The quantitative estimate of drug-likeness (QED) is 0.456. The second kappa shape index (κ2) is 8.87. The molecule has 1 aliphatic rings. The van der Waals surface area contributed by atoms with Crippen molar-refractivity contribution in [2.24, 2.45) is 10.9 Å². The van der Waals surface area contributed by atoms with Crippen LogP contribution in [0, 0.1) is 24.2 Å². The largest absolute Gasteiger partial charge is 0.355 e. The number of rotatable bonds is 4. The topological polar surface area (TPSA) is 78.0 Å². The molecule has 2 N–H and O–H groups in total. The highest BCUT2D eigenvalue weighted by Gasteiger charge is 2.27. The van der Waals surface area contributed by atoms with Crippen LogP contribution in [0.5, 0.6) is 0 Å². The molecular weight excluding hydrogens is 379 g/mol. The molecule has 1 aromatic rings. The fourth-order valence-corrected chi connectivity index (χ4v) is 2.54. The van der Waals surface area contributed by atoms with Crippen LogP contribution in [0.4, 0.5) is 0 Å². The van der Waals surface area contributed by atoms with E-state index in [1.54, 1.807) is 7.05 Å². The second-order valence-corrected chi connectivity index (χ2v) is 5.20. The maximum Gasteiger partial charge on any atom is 0.191 e. The van der Waals surface area contributed by atoms with Crippen molar-refractivity contribution in [3.05, 3.63) is 18.0 Å². The first-order valence-electron chi connectivity index (χ1n) is 7.09. The van der Waals surface area contributed by atoms with E-state index >= 15 is 0 Å². The number of nitriles is 1. The molecule has 0 amide bonds. The monoisotopic (exact) mass is 402 g/mol. The average Bonchev–Trinajstić information content (AvgIpc) is 3.06. The number of guanidine groups is 1. The molecule has 0 saturated heterocycles. The van der Waals surface area contributed by atoms with Crippen molar-refractivity contribution < 1.29 is 0 Å². The summed E-state index contributed by atoms with van der Waals surface area (Å²) >= 11 is 0. The van der Waals surface area contributed by atoms with Crippen molar-refractivity contribution in [2.75, 3.05) is 13.6 Å². The van der Waals surface area contributed by atoms with E-state index in [-0.39, 0.29) is 35.9 Å². The Morgan fingerprint density at radius 2 is 2.38 bits per heavy atom. The zero-order valence-electron chi connectivity index (χ0n) is 12.5. The van der Waals surface area contributed by atoms with Crippen LogP contribution in [-0.4, -0.2) is 35.4 Å². The summed E-state index contributed by atoms with van der Waals surface area (Å²) in [5.74, 6) is 0.864. The van der Waals surface area contributed by atoms with Gasteiger partial charge in [-0.25, -0.2) is 0 Å². The van der Waals surface area contributed by atoms with Gasteiger partial charge in [0.2, 0.25) is 0 Å². The molecule has 116 valence electrons. The van der Waals surface area contributed by atoms with Crippen LogP contribution in [0.3, 0.4) is 0 Å². The number of aryl methyl sites for hydroxylation is 1. The van der Waals surface area contributed by atoms with Crippen LogP contribution in [0.25, 0.3) is 0 Å². The molecule has 6 nitrogen and oxygen atoms in total. The SMILES string of the molecule is CN=C(NCCn1cc(C)cn1)NC1CCCC1C#N.I. The van der Waals surface area contributed by atoms with E-state index < -0.39 is 0 Å². The highest BCUT2D eigenvalue weighted by molar-refractivity contribution is 14.0. The number of halogens is 1. The Morgan fingerprint density at radius 1 is 1.57 bits per heavy atom. The van der Waals surface area contributed by atoms with E-state index in [1.165, 1.54) is 0 Å². The summed E-state index contributed by atoms with van der Waals surface area (Å²) < 4.78 is 1.91. The van der Waals surface area contributed by atoms with Crippen LogP contribution in [0.15, 0.2) is 17.4 Å². The predicted octanol–water partition coefficient (Wildman–Crippen LogP) is 1.67. The van der Waals surface area contributed by atoms with E-state index in [2.05, 4.69) is 26.8 Å². The maximum absolute atomic E-state index is 9.09. The fraction of sp³-hybridized carbons (Fsp3) is 0.643. The Morgan fingerprint density at radius 3 is 3.00 bits per heavy atom. The molecule has 21 heavy (non-hydrogen) atoms. The Bertz CT molecular complexity index is 504. The number of nitrogens with zero attached hydrogens (tertiary/aromatic N) is 4. The molecule has 2 rings (SSSR count). The number of aliphatic imine (C=N–C) groups is 1. The first kappa shape index (κ1) is 17.8. The molecule has 0 spiro atoms. The smallest absolute Gasteiger partial charge is 0.191 e. The third-order valence-corrected chi connectivity index (χ3v) is 3.62. The zero-order chi connectivity index (χ0) is 14.4. The molecule has 2 unspecified atom stereocenters. The van der Waals surface area contributed by atoms with Crippen LogP contribution >= 0.6 is 24.0 Å². The number of aromatic nitrogens is 2. The van der Waals surface area contributed by atoms with Gasteiger partial charge in [-0.15, -0.1) is 24.0 Å². The standard InChI is InChI=1S/C14H22N6.HI/c1-11-9-18-20(10-11)7-6-17-14(16-2)19-13-5-3-4-12(13)8-15;/h9-10,12-13H,3-7H2,1-2H3,(H2,16,17,19);1H. The highest BCUT2D eigenvalue weighted by atomic mass is 127. The van der Waals surface area contributed by atoms with Crippen molar-refractivity contribution in [3.8, 4) is 6.07 Å². The molecule has 0 radical (unpaired) electrons. The normalized spacial score (nSPS) is 21.5. The van der Waals surface area contributed by atoms with Gasteiger partial charge in [-0.1, -0.05) is 0 Å². The maximum atomic E-state index is 9.09. The van der Waals surface area contributed by atoms with Gasteiger partial charge in [-0.3, -0.25) is 9.67 Å². The van der Waals surface area contributed by atoms with Crippen molar-refractivity contribution in [1.29, 1.82) is 5.26 Å². The van der Waals surface area contributed by atoms with Gasteiger partial charge in [-0.05, 0) is 31.7 Å². The molecule has 1 heterocycles. The van der Waals surface area contributed by atoms with E-state index in [1.807, 2.05) is 24.0 Å². The minimum atomic E-state index is 0. The van der Waals surface area contributed by atoms with Crippen LogP contribution in [0.1, 0.15) is 24.8 Å². The summed E-state index contributed by atoms with van der Waals surface area (Å²) in [5.41, 5.74) is 1.16. The fourth-order valence-electron chi connectivity index (χ4n) is 2.54. The molecule has 1 fully saturated rings. The number of hydrogen-bond acceptors (Lipinski definition) is 3. The molecule has 0 bridgehead atoms. The molecule has 1 saturated carbocycles. The number of nitrogens with one attached hydrogen (secondary N) is 2. The lowest BCUT2D eigenvalue weighted by atomic mass is 10.1. The van der Waals surface area contributed by atoms with Gasteiger partial charge in [0.05, 0.1) is 24.7 Å². The third-order valence-electron chi connectivity index (χ3n) is 3.62. The van der Waals surface area contributed by atoms with Crippen LogP contribution in [-0.2, 0) is 6.54 Å². The van der Waals surface area contributed by atoms with Gasteiger partial charge in [0.15, 0.2) is 5.96 Å². The van der Waals surface area contributed by atoms with E-state index in [0.29, 0.717) is 0 Å². The molecule has 1 aromatic heterocycles. The van der Waals surface area contributed by atoms with Crippen molar-refractivity contribution in [1.82, 2.24) is 20.4 Å². The lowest BCUT2D eigenvalue weighted by molar-refractivity contribution is 0.527. The molecule has 7 heteroatoms. The third kappa shape index (κ3) is 5.19. The van der Waals surface area contributed by atoms with Gasteiger partial charge < -0.3 is 10.6 Å². The lowest BCUT2D eigenvalue weighted by Crippen LogP contribution is -2.45. The number of hydrogen-bond donors (Lipinski definition) is 2. The van der Waals surface area contributed by atoms with Crippen LogP contribution < -0.4 is 10.6 Å². The first-order valence-corrected chi connectivity index (χ1v) is 7.09. The lowest BCUT2D eigenvalue weighted by Gasteiger charge is -2.19. The summed E-state index contributed by atoms with van der Waals surface area (Å²) in [7, 11) is 1.75. The minimum Gasteiger partial charge on any atom is -0.355 e. The molecule has 0 aromatic carbocycles. The molecule has 1 aliphatic carbocycles. The van der Waals surface area contributed by atoms with Gasteiger partial charge in [-0.2, -0.15) is 10.4 Å². The van der Waals surface area contributed by atoms with Gasteiger partial charge in [0, 0.05) is 25.8 Å². The van der Waals surface area contributed by atoms with E-state index in [0.717, 1.165) is 43.9 Å². The van der Waals surface area contributed by atoms with Gasteiger partial charge in [0.25, 0.3) is 0 Å². The second-order valence-electron chi connectivity index (χ2n) is 5.20. The minimum absolute atomic E-state index is 0. The van der Waals surface area contributed by atoms with Gasteiger partial charge >= 0.3 is 0 Å². The van der Waals surface area contributed by atoms with Crippen molar-refractivity contribution >= 4 is 29.9 Å². The van der Waals surface area contributed by atoms with Crippen molar-refractivity contribution in [3.63, 3.8) is 0 Å².